The Bertz CT molecular complexity index is 231. The van der Waals surface area contributed by atoms with Crippen molar-refractivity contribution in [3.05, 3.63) is 0 Å². The Labute approximate surface area is 90.9 Å². The van der Waals surface area contributed by atoms with Crippen LogP contribution in [-0.2, 0) is 9.36 Å². The first-order chi connectivity index (χ1) is 7.15. The molecule has 0 radical (unpaired) electrons. The van der Waals surface area contributed by atoms with Gasteiger partial charge in [0.15, 0.2) is 0 Å². The van der Waals surface area contributed by atoms with Crippen molar-refractivity contribution in [1.82, 2.24) is 9.80 Å². The standard InChI is InChI=1S/C9H17N2O3P/c1-10(8-12)7-9(15(13)14)11-5-3-2-4-6-11/h8-9H,2-7H2,1H3/p+1. The predicted octanol–water partition coefficient (Wildman–Crippen LogP) is 0.621. The lowest BCUT2D eigenvalue weighted by molar-refractivity contribution is -0.117. The molecule has 0 bridgehead atoms. The Morgan fingerprint density at radius 1 is 1.47 bits per heavy atom. The molecule has 0 saturated carbocycles. The normalized spacial score (nSPS) is 20.8. The van der Waals surface area contributed by atoms with Gasteiger partial charge in [0.05, 0.1) is 6.54 Å². The lowest BCUT2D eigenvalue weighted by Crippen LogP contribution is -2.43. The molecule has 1 N–H and O–H groups in total. The third kappa shape index (κ3) is 3.86. The van der Waals surface area contributed by atoms with Crippen molar-refractivity contribution in [2.45, 2.75) is 25.0 Å². The molecule has 1 amide bonds. The molecule has 1 aliphatic heterocycles. The Morgan fingerprint density at radius 3 is 2.53 bits per heavy atom. The molecule has 1 fully saturated rings. The second-order valence-electron chi connectivity index (χ2n) is 3.92. The van der Waals surface area contributed by atoms with Crippen LogP contribution in [0.4, 0.5) is 0 Å². The van der Waals surface area contributed by atoms with Crippen molar-refractivity contribution in [3.63, 3.8) is 0 Å². The molecular formula is C9H18N2O3P+. The highest BCUT2D eigenvalue weighted by Gasteiger charge is 2.36. The average molecular weight is 233 g/mol. The molecule has 0 aliphatic carbocycles. The lowest BCUT2D eigenvalue weighted by atomic mass is 10.1. The monoisotopic (exact) mass is 233 g/mol. The average Bonchev–Trinajstić information content (AvgIpc) is 2.26. The fourth-order valence-corrected chi connectivity index (χ4v) is 2.75. The fraction of sp³-hybridized carbons (Fsp3) is 0.889. The largest absolute Gasteiger partial charge is 0.526 e. The number of amides is 1. The zero-order valence-corrected chi connectivity index (χ0v) is 9.90. The summed E-state index contributed by atoms with van der Waals surface area (Å²) >= 11 is 0. The number of piperidine rings is 1. The smallest absolute Gasteiger partial charge is 0.342 e. The van der Waals surface area contributed by atoms with E-state index < -0.39 is 13.8 Å². The Morgan fingerprint density at radius 2 is 2.07 bits per heavy atom. The maximum absolute atomic E-state index is 11.2. The van der Waals surface area contributed by atoms with E-state index in [2.05, 4.69) is 0 Å². The summed E-state index contributed by atoms with van der Waals surface area (Å²) in [5, 5.41) is 0. The minimum atomic E-state index is -2.25. The summed E-state index contributed by atoms with van der Waals surface area (Å²) in [6, 6.07) is 0. The van der Waals surface area contributed by atoms with E-state index in [-0.39, 0.29) is 0 Å². The van der Waals surface area contributed by atoms with Crippen LogP contribution in [0.3, 0.4) is 0 Å². The lowest BCUT2D eigenvalue weighted by Gasteiger charge is -2.28. The number of likely N-dealkylation sites (N-methyl/N-ethyl adjacent to an activating group) is 1. The van der Waals surface area contributed by atoms with E-state index in [1.807, 2.05) is 4.90 Å². The topological polar surface area (TPSA) is 60.9 Å². The number of nitrogens with zero attached hydrogens (tertiary/aromatic N) is 2. The van der Waals surface area contributed by atoms with Gasteiger partial charge in [-0.05, 0) is 17.4 Å². The van der Waals surface area contributed by atoms with Gasteiger partial charge >= 0.3 is 8.03 Å². The van der Waals surface area contributed by atoms with Crippen molar-refractivity contribution in [1.29, 1.82) is 0 Å². The van der Waals surface area contributed by atoms with Crippen molar-refractivity contribution in [2.24, 2.45) is 0 Å². The van der Waals surface area contributed by atoms with E-state index >= 15 is 0 Å². The summed E-state index contributed by atoms with van der Waals surface area (Å²) in [6.07, 6.45) is 4.03. The first-order valence-corrected chi connectivity index (χ1v) is 6.48. The molecule has 0 aromatic carbocycles. The highest BCUT2D eigenvalue weighted by Crippen LogP contribution is 2.28. The molecule has 2 atom stereocenters. The number of carbonyl (C=O) groups is 1. The molecule has 86 valence electrons. The zero-order chi connectivity index (χ0) is 11.3. The maximum Gasteiger partial charge on any atom is 0.526 e. The van der Waals surface area contributed by atoms with E-state index in [4.69, 9.17) is 0 Å². The maximum atomic E-state index is 11.2. The summed E-state index contributed by atoms with van der Waals surface area (Å²) in [5.74, 6) is -0.407. The van der Waals surface area contributed by atoms with Crippen LogP contribution in [0.15, 0.2) is 0 Å². The predicted molar refractivity (Wildman–Crippen MR) is 57.7 cm³/mol. The molecule has 15 heavy (non-hydrogen) atoms. The van der Waals surface area contributed by atoms with E-state index in [0.717, 1.165) is 25.9 Å². The molecule has 0 aromatic heterocycles. The SMILES string of the molecule is CN(C=O)CC(N1CCCCC1)[P+](=O)O. The number of hydrogen-bond acceptors (Lipinski definition) is 3. The van der Waals surface area contributed by atoms with Crippen molar-refractivity contribution < 1.29 is 14.3 Å². The Kier molecular flexibility index (Phi) is 5.15. The van der Waals surface area contributed by atoms with Crippen molar-refractivity contribution in [2.75, 3.05) is 26.7 Å². The first kappa shape index (κ1) is 12.6. The van der Waals surface area contributed by atoms with Crippen LogP contribution < -0.4 is 0 Å². The van der Waals surface area contributed by atoms with Gasteiger partial charge in [0, 0.05) is 20.1 Å². The molecule has 0 spiro atoms. The van der Waals surface area contributed by atoms with Crippen molar-refractivity contribution in [3.8, 4) is 0 Å². The van der Waals surface area contributed by atoms with Gasteiger partial charge < -0.3 is 4.90 Å². The number of carbonyl (C=O) groups excluding carboxylic acids is 1. The van der Waals surface area contributed by atoms with Gasteiger partial charge in [-0.25, -0.2) is 0 Å². The van der Waals surface area contributed by atoms with Crippen LogP contribution >= 0.6 is 8.03 Å². The summed E-state index contributed by atoms with van der Waals surface area (Å²) in [6.45, 7) is 2.05. The second-order valence-corrected chi connectivity index (χ2v) is 5.13. The highest BCUT2D eigenvalue weighted by molar-refractivity contribution is 7.38. The van der Waals surface area contributed by atoms with Crippen LogP contribution in [-0.4, -0.2) is 53.6 Å². The van der Waals surface area contributed by atoms with Crippen LogP contribution in [0.2, 0.25) is 0 Å². The molecule has 2 unspecified atom stereocenters. The molecule has 5 nitrogen and oxygen atoms in total. The van der Waals surface area contributed by atoms with Gasteiger partial charge in [-0.15, -0.1) is 0 Å². The van der Waals surface area contributed by atoms with Gasteiger partial charge in [-0.1, -0.05) is 6.42 Å². The highest BCUT2D eigenvalue weighted by atomic mass is 31.1. The first-order valence-electron chi connectivity index (χ1n) is 5.20. The molecule has 1 rings (SSSR count). The zero-order valence-electron chi connectivity index (χ0n) is 9.00. The summed E-state index contributed by atoms with van der Waals surface area (Å²) in [5.41, 5.74) is 0. The molecule has 1 heterocycles. The minimum Gasteiger partial charge on any atom is -0.342 e. The van der Waals surface area contributed by atoms with Gasteiger partial charge in [0.1, 0.15) is 0 Å². The van der Waals surface area contributed by atoms with E-state index in [1.54, 1.807) is 7.05 Å². The van der Waals surface area contributed by atoms with Crippen LogP contribution in [0.5, 0.6) is 0 Å². The minimum absolute atomic E-state index is 0.329. The Hall–Kier alpha value is -0.510. The van der Waals surface area contributed by atoms with Gasteiger partial charge in [-0.3, -0.25) is 9.69 Å². The molecule has 6 heteroatoms. The van der Waals surface area contributed by atoms with E-state index in [1.165, 1.54) is 11.3 Å². The third-order valence-corrected chi connectivity index (χ3v) is 3.70. The summed E-state index contributed by atoms with van der Waals surface area (Å²) in [7, 11) is -0.622. The Balaban J connectivity index is 2.55. The molecular weight excluding hydrogens is 215 g/mol. The summed E-state index contributed by atoms with van der Waals surface area (Å²) < 4.78 is 11.2. The summed E-state index contributed by atoms with van der Waals surface area (Å²) in [4.78, 5) is 23.1. The van der Waals surface area contributed by atoms with Crippen LogP contribution in [0.25, 0.3) is 0 Å². The number of hydrogen-bond donors (Lipinski definition) is 1. The van der Waals surface area contributed by atoms with E-state index in [9.17, 15) is 14.3 Å². The molecule has 0 aromatic rings. The van der Waals surface area contributed by atoms with Gasteiger partial charge in [0.25, 0.3) is 5.78 Å². The molecule has 1 saturated heterocycles. The van der Waals surface area contributed by atoms with Crippen LogP contribution in [0, 0.1) is 0 Å². The third-order valence-electron chi connectivity index (χ3n) is 2.70. The number of likely N-dealkylation sites (tertiary alicyclic amines) is 1. The van der Waals surface area contributed by atoms with Gasteiger partial charge in [-0.2, -0.15) is 4.89 Å². The fourth-order valence-electron chi connectivity index (χ4n) is 1.84. The van der Waals surface area contributed by atoms with E-state index in [0.29, 0.717) is 13.0 Å². The quantitative estimate of drug-likeness (QED) is 0.558. The second kappa shape index (κ2) is 6.16. The number of rotatable bonds is 5. The molecule has 1 aliphatic rings. The van der Waals surface area contributed by atoms with Gasteiger partial charge in [0.2, 0.25) is 6.41 Å². The van der Waals surface area contributed by atoms with Crippen LogP contribution in [0.1, 0.15) is 19.3 Å². The van der Waals surface area contributed by atoms with Crippen molar-refractivity contribution >= 4 is 14.4 Å².